The predicted octanol–water partition coefficient (Wildman–Crippen LogP) is 4.39. The summed E-state index contributed by atoms with van der Waals surface area (Å²) in [6.07, 6.45) is 4.78. The molecule has 0 spiro atoms. The summed E-state index contributed by atoms with van der Waals surface area (Å²) < 4.78 is 22.1. The molecular weight excluding hydrogens is 424 g/mol. The molecule has 1 aliphatic heterocycles. The van der Waals surface area contributed by atoms with Crippen molar-refractivity contribution in [2.45, 2.75) is 32.5 Å². The standard InChI is InChI=1S/C25H24N2O6/c1-2-30-22-14-18(9-12-21-24(28)27-25(29)33-21)8-11-20(22)31-15-19-16-32-23(26-19)13-10-17-6-4-3-5-7-17/h3-8,10-11,13-14,16,21H,2,9,12,15H2,1H3,(H,27,28,29)/b13-10+. The molecule has 0 aliphatic carbocycles. The van der Waals surface area contributed by atoms with E-state index in [1.54, 1.807) is 12.3 Å². The monoisotopic (exact) mass is 448 g/mol. The summed E-state index contributed by atoms with van der Waals surface area (Å²) >= 11 is 0. The van der Waals surface area contributed by atoms with E-state index in [0.29, 0.717) is 42.5 Å². The van der Waals surface area contributed by atoms with Crippen molar-refractivity contribution in [3.63, 3.8) is 0 Å². The summed E-state index contributed by atoms with van der Waals surface area (Å²) in [6.45, 7) is 2.59. The van der Waals surface area contributed by atoms with Crippen LogP contribution >= 0.6 is 0 Å². The van der Waals surface area contributed by atoms with Gasteiger partial charge < -0.3 is 18.6 Å². The number of aryl methyl sites for hydroxylation is 1. The molecule has 0 radical (unpaired) electrons. The van der Waals surface area contributed by atoms with Crippen LogP contribution in [0.1, 0.15) is 36.1 Å². The molecule has 4 rings (SSSR count). The summed E-state index contributed by atoms with van der Waals surface area (Å²) in [4.78, 5) is 27.2. The van der Waals surface area contributed by atoms with Gasteiger partial charge in [-0.1, -0.05) is 36.4 Å². The fourth-order valence-electron chi connectivity index (χ4n) is 3.33. The van der Waals surface area contributed by atoms with Crippen molar-refractivity contribution in [1.29, 1.82) is 0 Å². The Kier molecular flexibility index (Phi) is 7.04. The van der Waals surface area contributed by atoms with Gasteiger partial charge in [-0.25, -0.2) is 9.78 Å². The van der Waals surface area contributed by atoms with Gasteiger partial charge in [-0.05, 0) is 49.1 Å². The quantitative estimate of drug-likeness (QED) is 0.491. The highest BCUT2D eigenvalue weighted by molar-refractivity contribution is 5.99. The first-order valence-corrected chi connectivity index (χ1v) is 10.7. The zero-order valence-electron chi connectivity index (χ0n) is 18.2. The van der Waals surface area contributed by atoms with Crippen molar-refractivity contribution in [3.05, 3.63) is 77.5 Å². The van der Waals surface area contributed by atoms with Crippen molar-refractivity contribution < 1.29 is 28.2 Å². The molecule has 1 saturated heterocycles. The highest BCUT2D eigenvalue weighted by atomic mass is 16.6. The summed E-state index contributed by atoms with van der Waals surface area (Å²) in [6, 6.07) is 15.5. The van der Waals surface area contributed by atoms with Gasteiger partial charge in [0.2, 0.25) is 5.89 Å². The molecule has 2 aromatic carbocycles. The molecule has 3 aromatic rings. The predicted molar refractivity (Wildman–Crippen MR) is 121 cm³/mol. The number of alkyl carbamates (subject to hydrolysis) is 1. The molecule has 0 bridgehead atoms. The maximum Gasteiger partial charge on any atom is 0.414 e. The second-order valence-corrected chi connectivity index (χ2v) is 7.35. The number of ether oxygens (including phenoxy) is 3. The maximum absolute atomic E-state index is 11.6. The highest BCUT2D eigenvalue weighted by Gasteiger charge is 2.31. The zero-order valence-corrected chi connectivity index (χ0v) is 18.2. The van der Waals surface area contributed by atoms with Crippen LogP contribution in [0.2, 0.25) is 0 Å². The molecule has 170 valence electrons. The number of hydrogen-bond donors (Lipinski definition) is 1. The lowest BCUT2D eigenvalue weighted by molar-refractivity contribution is -0.123. The Morgan fingerprint density at radius 1 is 1.06 bits per heavy atom. The molecule has 0 saturated carbocycles. The van der Waals surface area contributed by atoms with Crippen molar-refractivity contribution >= 4 is 24.2 Å². The number of nitrogens with zero attached hydrogens (tertiary/aromatic N) is 1. The number of cyclic esters (lactones) is 1. The van der Waals surface area contributed by atoms with Crippen LogP contribution in [0.3, 0.4) is 0 Å². The molecule has 1 fully saturated rings. The van der Waals surface area contributed by atoms with Crippen LogP contribution in [0, 0.1) is 0 Å². The van der Waals surface area contributed by atoms with Gasteiger partial charge in [-0.2, -0.15) is 0 Å². The van der Waals surface area contributed by atoms with E-state index in [1.807, 2.05) is 61.5 Å². The molecular formula is C25H24N2O6. The summed E-state index contributed by atoms with van der Waals surface area (Å²) in [5.74, 6) is 1.26. The number of benzene rings is 2. The number of carbonyl (C=O) groups excluding carboxylic acids is 2. The number of carbonyl (C=O) groups is 2. The number of aromatic nitrogens is 1. The molecule has 1 unspecified atom stereocenters. The zero-order chi connectivity index (χ0) is 23.0. The molecule has 2 amide bonds. The van der Waals surface area contributed by atoms with E-state index in [2.05, 4.69) is 10.3 Å². The average molecular weight is 448 g/mol. The van der Waals surface area contributed by atoms with Crippen LogP contribution in [-0.2, 0) is 22.6 Å². The van der Waals surface area contributed by atoms with Crippen LogP contribution in [0.4, 0.5) is 4.79 Å². The van der Waals surface area contributed by atoms with E-state index in [1.165, 1.54) is 0 Å². The Morgan fingerprint density at radius 3 is 2.67 bits per heavy atom. The first-order chi connectivity index (χ1) is 16.1. The Bertz CT molecular complexity index is 1140. The van der Waals surface area contributed by atoms with Crippen molar-refractivity contribution in [2.75, 3.05) is 6.61 Å². The molecule has 1 atom stereocenters. The fourth-order valence-corrected chi connectivity index (χ4v) is 3.33. The van der Waals surface area contributed by atoms with Crippen LogP contribution in [0.5, 0.6) is 11.5 Å². The van der Waals surface area contributed by atoms with E-state index in [0.717, 1.165) is 11.1 Å². The van der Waals surface area contributed by atoms with Gasteiger partial charge in [-0.15, -0.1) is 0 Å². The highest BCUT2D eigenvalue weighted by Crippen LogP contribution is 2.30. The van der Waals surface area contributed by atoms with Crippen molar-refractivity contribution in [1.82, 2.24) is 10.3 Å². The largest absolute Gasteiger partial charge is 0.490 e. The first kappa shape index (κ1) is 22.1. The number of imide groups is 1. The van der Waals surface area contributed by atoms with Gasteiger partial charge in [0.15, 0.2) is 17.6 Å². The minimum absolute atomic E-state index is 0.223. The third kappa shape index (κ3) is 6.00. The normalized spacial score (nSPS) is 15.5. The van der Waals surface area contributed by atoms with Gasteiger partial charge >= 0.3 is 6.09 Å². The molecule has 1 aliphatic rings. The van der Waals surface area contributed by atoms with Gasteiger partial charge in [0.05, 0.1) is 6.61 Å². The minimum atomic E-state index is -0.763. The summed E-state index contributed by atoms with van der Waals surface area (Å²) in [5, 5.41) is 2.13. The number of hydrogen-bond acceptors (Lipinski definition) is 7. The molecule has 2 heterocycles. The lowest BCUT2D eigenvalue weighted by atomic mass is 10.1. The Hall–Kier alpha value is -4.07. The van der Waals surface area contributed by atoms with Gasteiger partial charge in [0.1, 0.15) is 18.6 Å². The number of oxazole rings is 1. The van der Waals surface area contributed by atoms with Crippen molar-refractivity contribution in [3.8, 4) is 11.5 Å². The van der Waals surface area contributed by atoms with Crippen LogP contribution in [0.15, 0.2) is 59.2 Å². The summed E-state index contributed by atoms with van der Waals surface area (Å²) in [7, 11) is 0. The average Bonchev–Trinajstić information content (AvgIpc) is 3.41. The Morgan fingerprint density at radius 2 is 1.91 bits per heavy atom. The maximum atomic E-state index is 11.6. The fraction of sp³-hybridized carbons (Fsp3) is 0.240. The Balaban J connectivity index is 1.35. The first-order valence-electron chi connectivity index (χ1n) is 10.7. The van der Waals surface area contributed by atoms with E-state index < -0.39 is 18.1 Å². The van der Waals surface area contributed by atoms with E-state index in [-0.39, 0.29) is 6.61 Å². The van der Waals surface area contributed by atoms with Gasteiger partial charge in [0.25, 0.3) is 5.91 Å². The second-order valence-electron chi connectivity index (χ2n) is 7.35. The van der Waals surface area contributed by atoms with Crippen LogP contribution in [0.25, 0.3) is 12.2 Å². The van der Waals surface area contributed by atoms with Gasteiger partial charge in [0, 0.05) is 6.08 Å². The second kappa shape index (κ2) is 10.5. The molecule has 1 N–H and O–H groups in total. The SMILES string of the molecule is CCOc1cc(CCC2OC(=O)NC2=O)ccc1OCc1coc(/C=C/c2ccccc2)n1. The number of nitrogens with one attached hydrogen (secondary N) is 1. The smallest absolute Gasteiger partial charge is 0.414 e. The molecule has 33 heavy (non-hydrogen) atoms. The lowest BCUT2D eigenvalue weighted by Crippen LogP contribution is -2.24. The third-order valence-corrected chi connectivity index (χ3v) is 4.93. The van der Waals surface area contributed by atoms with Crippen LogP contribution < -0.4 is 14.8 Å². The lowest BCUT2D eigenvalue weighted by Gasteiger charge is -2.13. The number of amides is 2. The van der Waals surface area contributed by atoms with E-state index in [4.69, 9.17) is 18.6 Å². The molecule has 8 nitrogen and oxygen atoms in total. The van der Waals surface area contributed by atoms with Crippen molar-refractivity contribution in [2.24, 2.45) is 0 Å². The minimum Gasteiger partial charge on any atom is -0.490 e. The topological polar surface area (TPSA) is 99.9 Å². The van der Waals surface area contributed by atoms with Crippen LogP contribution in [-0.4, -0.2) is 29.7 Å². The Labute approximate surface area is 191 Å². The third-order valence-electron chi connectivity index (χ3n) is 4.93. The summed E-state index contributed by atoms with van der Waals surface area (Å²) in [5.41, 5.74) is 2.65. The number of rotatable bonds is 10. The van der Waals surface area contributed by atoms with E-state index in [9.17, 15) is 9.59 Å². The van der Waals surface area contributed by atoms with Gasteiger partial charge in [-0.3, -0.25) is 10.1 Å². The molecule has 1 aromatic heterocycles. The molecule has 8 heteroatoms. The van der Waals surface area contributed by atoms with E-state index >= 15 is 0 Å².